The molecule has 0 spiro atoms. The fourth-order valence-electron chi connectivity index (χ4n) is 0.942. The Kier molecular flexibility index (Phi) is 5.16. The Bertz CT molecular complexity index is 283. The van der Waals surface area contributed by atoms with E-state index in [1.807, 2.05) is 29.8 Å². The predicted octanol–water partition coefficient (Wildman–Crippen LogP) is 2.05. The van der Waals surface area contributed by atoms with E-state index in [0.717, 1.165) is 11.5 Å². The smallest absolute Gasteiger partial charge is 0.120 e. The lowest BCUT2D eigenvalue weighted by Crippen LogP contribution is -2.14. The molecule has 0 aliphatic carbocycles. The maximum atomic E-state index is 5.64. The molecular weight excluding hydrogens is 251 g/mol. The van der Waals surface area contributed by atoms with Gasteiger partial charge >= 0.3 is 0 Å². The van der Waals surface area contributed by atoms with Crippen molar-refractivity contribution in [3.63, 3.8) is 0 Å². The van der Waals surface area contributed by atoms with Crippen molar-refractivity contribution in [2.45, 2.75) is 0 Å². The van der Waals surface area contributed by atoms with Gasteiger partial charge < -0.3 is 5.32 Å². The maximum absolute atomic E-state index is 5.64. The van der Waals surface area contributed by atoms with Crippen LogP contribution in [0.2, 0.25) is 0 Å². The molecule has 1 N–H and O–H groups in total. The van der Waals surface area contributed by atoms with Crippen LogP contribution in [0.5, 0.6) is 0 Å². The number of hydrogen-bond donors (Lipinski definition) is 1. The summed E-state index contributed by atoms with van der Waals surface area (Å²) in [6.45, 7) is 0. The second-order valence-electron chi connectivity index (χ2n) is 3.12. The lowest BCUT2D eigenvalue weighted by Gasteiger charge is -2.32. The molecule has 0 aromatic rings. The third-order valence-electron chi connectivity index (χ3n) is 1.77. The zero-order valence-corrected chi connectivity index (χ0v) is 12.0. The van der Waals surface area contributed by atoms with Crippen LogP contribution in [0.1, 0.15) is 0 Å². The van der Waals surface area contributed by atoms with E-state index in [4.69, 9.17) is 11.8 Å². The van der Waals surface area contributed by atoms with Crippen molar-refractivity contribution in [2.75, 3.05) is 32.6 Å². The van der Waals surface area contributed by atoms with Crippen molar-refractivity contribution in [3.05, 3.63) is 0 Å². The first-order valence-electron chi connectivity index (χ1n) is 4.32. The summed E-state index contributed by atoms with van der Waals surface area (Å²) in [5, 5.41) is 2.85. The second kappa shape index (κ2) is 5.67. The fourth-order valence-corrected chi connectivity index (χ4v) is 9.45. The van der Waals surface area contributed by atoms with Crippen molar-refractivity contribution >= 4 is 39.2 Å². The summed E-state index contributed by atoms with van der Waals surface area (Å²) in [6, 6.07) is 2.91. The summed E-state index contributed by atoms with van der Waals surface area (Å²) in [5.74, 6) is 5.85. The van der Waals surface area contributed by atoms with E-state index in [0.29, 0.717) is 5.92 Å². The molecule has 1 aliphatic heterocycles. The minimum absolute atomic E-state index is 0.494. The fraction of sp³-hybridized carbons (Fsp3) is 0.750. The Balaban J connectivity index is 2.50. The SMILES string of the molecule is CNC#CC1CSP(=S)(N(C)C)SC1. The van der Waals surface area contributed by atoms with Gasteiger partial charge in [-0.05, 0) is 14.1 Å². The summed E-state index contributed by atoms with van der Waals surface area (Å²) >= 11 is 9.48. The van der Waals surface area contributed by atoms with Gasteiger partial charge in [0.25, 0.3) is 0 Å². The van der Waals surface area contributed by atoms with Gasteiger partial charge in [0.2, 0.25) is 0 Å². The number of nitrogens with one attached hydrogen (secondary N) is 1. The van der Waals surface area contributed by atoms with Gasteiger partial charge in [0.1, 0.15) is 4.59 Å². The molecular formula is C8H15N2PS3. The van der Waals surface area contributed by atoms with Gasteiger partial charge in [-0.3, -0.25) is 4.67 Å². The number of rotatable bonds is 1. The molecule has 2 nitrogen and oxygen atoms in total. The molecule has 0 aromatic heterocycles. The first kappa shape index (κ1) is 12.7. The second-order valence-corrected chi connectivity index (χ2v) is 14.4. The molecule has 6 heteroatoms. The van der Waals surface area contributed by atoms with Crippen LogP contribution in [0.4, 0.5) is 0 Å². The molecule has 1 fully saturated rings. The Morgan fingerprint density at radius 2 is 2.00 bits per heavy atom. The zero-order valence-electron chi connectivity index (χ0n) is 8.61. The normalized spacial score (nSPS) is 32.1. The molecule has 0 radical (unpaired) electrons. The average molecular weight is 266 g/mol. The Morgan fingerprint density at radius 1 is 1.43 bits per heavy atom. The van der Waals surface area contributed by atoms with Gasteiger partial charge in [0.15, 0.2) is 0 Å². The van der Waals surface area contributed by atoms with Gasteiger partial charge in [-0.15, -0.1) is 0 Å². The molecule has 80 valence electrons. The van der Waals surface area contributed by atoms with Gasteiger partial charge in [0.05, 0.1) is 0 Å². The maximum Gasteiger partial charge on any atom is 0.120 e. The van der Waals surface area contributed by atoms with Crippen molar-refractivity contribution in [3.8, 4) is 12.0 Å². The van der Waals surface area contributed by atoms with Crippen LogP contribution in [0.25, 0.3) is 0 Å². The minimum Gasteiger partial charge on any atom is -0.349 e. The molecule has 0 amide bonds. The zero-order chi connectivity index (χ0) is 10.6. The van der Waals surface area contributed by atoms with Crippen LogP contribution >= 0.6 is 27.4 Å². The average Bonchev–Trinajstić information content (AvgIpc) is 2.17. The van der Waals surface area contributed by atoms with Gasteiger partial charge in [-0.1, -0.05) is 40.5 Å². The van der Waals surface area contributed by atoms with Crippen molar-refractivity contribution in [2.24, 2.45) is 5.92 Å². The molecule has 14 heavy (non-hydrogen) atoms. The van der Waals surface area contributed by atoms with E-state index in [-0.39, 0.29) is 0 Å². The van der Waals surface area contributed by atoms with E-state index in [1.54, 1.807) is 0 Å². The van der Waals surface area contributed by atoms with Crippen LogP contribution in [0, 0.1) is 17.9 Å². The van der Waals surface area contributed by atoms with E-state index in [9.17, 15) is 0 Å². The highest BCUT2D eigenvalue weighted by atomic mass is 33.2. The Hall–Kier alpha value is 0.670. The summed E-state index contributed by atoms with van der Waals surface area (Å²) in [6.07, 6.45) is 0. The number of nitrogens with zero attached hydrogens (tertiary/aromatic N) is 1. The van der Waals surface area contributed by atoms with E-state index < -0.39 is 4.59 Å². The largest absolute Gasteiger partial charge is 0.349 e. The topological polar surface area (TPSA) is 15.3 Å². The van der Waals surface area contributed by atoms with Crippen LogP contribution < -0.4 is 5.32 Å². The van der Waals surface area contributed by atoms with Crippen molar-refractivity contribution in [1.29, 1.82) is 0 Å². The lowest BCUT2D eigenvalue weighted by atomic mass is 10.2. The van der Waals surface area contributed by atoms with Crippen LogP contribution in [-0.4, -0.2) is 37.3 Å². The Morgan fingerprint density at radius 3 is 2.43 bits per heavy atom. The van der Waals surface area contributed by atoms with Crippen molar-refractivity contribution in [1.82, 2.24) is 9.99 Å². The van der Waals surface area contributed by atoms with Crippen LogP contribution in [0.15, 0.2) is 0 Å². The molecule has 0 bridgehead atoms. The van der Waals surface area contributed by atoms with Crippen LogP contribution in [-0.2, 0) is 11.8 Å². The van der Waals surface area contributed by atoms with Gasteiger partial charge in [-0.25, -0.2) is 0 Å². The molecule has 0 unspecified atom stereocenters. The van der Waals surface area contributed by atoms with E-state index >= 15 is 0 Å². The molecule has 0 atom stereocenters. The van der Waals surface area contributed by atoms with Crippen LogP contribution in [0.3, 0.4) is 0 Å². The highest BCUT2D eigenvalue weighted by molar-refractivity contribution is 9.00. The minimum atomic E-state index is -1.34. The molecule has 1 rings (SSSR count). The molecule has 1 heterocycles. The highest BCUT2D eigenvalue weighted by Crippen LogP contribution is 2.73. The Labute approximate surface area is 99.5 Å². The lowest BCUT2D eigenvalue weighted by molar-refractivity contribution is 0.695. The van der Waals surface area contributed by atoms with Gasteiger partial charge in [0, 0.05) is 30.5 Å². The summed E-state index contributed by atoms with van der Waals surface area (Å²) < 4.78 is 0.865. The molecule has 1 saturated heterocycles. The van der Waals surface area contributed by atoms with E-state index in [2.05, 4.69) is 36.0 Å². The first-order valence-corrected chi connectivity index (χ1v) is 10.3. The number of hydrogen-bond acceptors (Lipinski definition) is 4. The summed E-state index contributed by atoms with van der Waals surface area (Å²) in [4.78, 5) is 0. The van der Waals surface area contributed by atoms with Crippen molar-refractivity contribution < 1.29 is 0 Å². The van der Waals surface area contributed by atoms with E-state index in [1.165, 1.54) is 0 Å². The van der Waals surface area contributed by atoms with Gasteiger partial charge in [-0.2, -0.15) is 0 Å². The monoisotopic (exact) mass is 266 g/mol. The highest BCUT2D eigenvalue weighted by Gasteiger charge is 2.28. The predicted molar refractivity (Wildman–Crippen MR) is 73.2 cm³/mol. The third-order valence-corrected chi connectivity index (χ3v) is 14.1. The summed E-state index contributed by atoms with van der Waals surface area (Å²) in [5.41, 5.74) is 0. The molecule has 0 aromatic carbocycles. The molecule has 0 saturated carbocycles. The quantitative estimate of drug-likeness (QED) is 0.442. The third kappa shape index (κ3) is 3.36. The summed E-state index contributed by atoms with van der Waals surface area (Å²) in [7, 11) is 6.01. The first-order chi connectivity index (χ1) is 6.58. The standard InChI is InChI=1S/C8H15N2PS3/c1-9-5-4-8-6-13-11(12,10(2)3)14-7-8/h8-9H,6-7H2,1-3H3. The molecule has 1 aliphatic rings.